The first-order valence-corrected chi connectivity index (χ1v) is 9.23. The van der Waals surface area contributed by atoms with Crippen molar-refractivity contribution in [2.45, 2.75) is 26.3 Å². The Kier molecular flexibility index (Phi) is 5.85. The molecule has 0 spiro atoms. The predicted molar refractivity (Wildman–Crippen MR) is 103 cm³/mol. The van der Waals surface area contributed by atoms with Crippen molar-refractivity contribution in [3.05, 3.63) is 29.8 Å². The van der Waals surface area contributed by atoms with Gasteiger partial charge in [0.15, 0.2) is 5.78 Å². The minimum atomic E-state index is -0.759. The van der Waals surface area contributed by atoms with Gasteiger partial charge in [-0.1, -0.05) is 6.92 Å². The minimum Gasteiger partial charge on any atom is -0.340 e. The summed E-state index contributed by atoms with van der Waals surface area (Å²) < 4.78 is 0. The molecule has 3 rings (SSSR count). The van der Waals surface area contributed by atoms with Crippen LogP contribution in [-0.4, -0.2) is 72.1 Å². The van der Waals surface area contributed by atoms with E-state index in [9.17, 15) is 14.4 Å². The van der Waals surface area contributed by atoms with E-state index < -0.39 is 6.04 Å². The third-order valence-electron chi connectivity index (χ3n) is 4.89. The number of ketones is 1. The van der Waals surface area contributed by atoms with Crippen LogP contribution in [0.1, 0.15) is 30.6 Å². The molecule has 1 fully saturated rings. The second-order valence-corrected chi connectivity index (χ2v) is 6.76. The Labute approximate surface area is 158 Å². The number of benzene rings is 1. The molecule has 0 radical (unpaired) electrons. The smallest absolute Gasteiger partial charge is 0.249 e. The molecule has 27 heavy (non-hydrogen) atoms. The number of hydrogen-bond donors (Lipinski definition) is 2. The zero-order valence-electron chi connectivity index (χ0n) is 15.7. The maximum Gasteiger partial charge on any atom is 0.249 e. The number of piperazine rings is 1. The lowest BCUT2D eigenvalue weighted by Gasteiger charge is -2.37. The number of carbonyl (C=O) groups excluding carboxylic acids is 3. The van der Waals surface area contributed by atoms with E-state index in [1.807, 2.05) is 4.90 Å². The fourth-order valence-electron chi connectivity index (χ4n) is 3.18. The van der Waals surface area contributed by atoms with Crippen LogP contribution in [0, 0.1) is 0 Å². The summed E-state index contributed by atoms with van der Waals surface area (Å²) in [5.74, 6) is -0.0848. The Morgan fingerprint density at radius 2 is 1.85 bits per heavy atom. The lowest BCUT2D eigenvalue weighted by atomic mass is 10.1. The highest BCUT2D eigenvalue weighted by molar-refractivity contribution is 6.06. The SMILES string of the molecule is CCN1CCN(C2=N[C@H](C(=O)Nc3ccc(C(C)=O)cc3)CC(=O)N2)CC1. The van der Waals surface area contributed by atoms with E-state index in [1.165, 1.54) is 6.92 Å². The van der Waals surface area contributed by atoms with Gasteiger partial charge in [-0.2, -0.15) is 0 Å². The van der Waals surface area contributed by atoms with Crippen LogP contribution in [0.2, 0.25) is 0 Å². The van der Waals surface area contributed by atoms with Crippen molar-refractivity contribution in [1.29, 1.82) is 0 Å². The van der Waals surface area contributed by atoms with Crippen LogP contribution in [0.4, 0.5) is 5.69 Å². The molecule has 2 aliphatic heterocycles. The number of nitrogens with zero attached hydrogens (tertiary/aromatic N) is 3. The summed E-state index contributed by atoms with van der Waals surface area (Å²) in [6, 6.07) is 5.91. The summed E-state index contributed by atoms with van der Waals surface area (Å²) in [5, 5.41) is 5.56. The highest BCUT2D eigenvalue weighted by Gasteiger charge is 2.30. The summed E-state index contributed by atoms with van der Waals surface area (Å²) >= 11 is 0. The van der Waals surface area contributed by atoms with Gasteiger partial charge in [-0.05, 0) is 37.7 Å². The molecule has 1 atom stereocenters. The third-order valence-corrected chi connectivity index (χ3v) is 4.89. The Balaban J connectivity index is 1.66. The molecule has 0 saturated carbocycles. The standard InChI is InChI=1S/C19H25N5O3/c1-3-23-8-10-24(11-9-23)19-21-16(12-17(26)22-19)18(27)20-15-6-4-14(5-7-15)13(2)25/h4-7,16H,3,8-12H2,1-2H3,(H,20,27)(H,21,22,26)/t16-/m0/s1. The summed E-state index contributed by atoms with van der Waals surface area (Å²) in [6.07, 6.45) is 0.0236. The highest BCUT2D eigenvalue weighted by atomic mass is 16.2. The van der Waals surface area contributed by atoms with Gasteiger partial charge in [0.1, 0.15) is 6.04 Å². The van der Waals surface area contributed by atoms with Crippen molar-refractivity contribution in [1.82, 2.24) is 15.1 Å². The fraction of sp³-hybridized carbons (Fsp3) is 0.474. The monoisotopic (exact) mass is 371 g/mol. The predicted octanol–water partition coefficient (Wildman–Crippen LogP) is 0.710. The molecule has 2 N–H and O–H groups in total. The fourth-order valence-corrected chi connectivity index (χ4v) is 3.18. The topological polar surface area (TPSA) is 94.1 Å². The minimum absolute atomic E-state index is 0.0236. The normalized spacial score (nSPS) is 20.7. The Morgan fingerprint density at radius 1 is 1.19 bits per heavy atom. The second kappa shape index (κ2) is 8.30. The first kappa shape index (κ1) is 19.0. The highest BCUT2D eigenvalue weighted by Crippen LogP contribution is 2.14. The lowest BCUT2D eigenvalue weighted by molar-refractivity contribution is -0.125. The van der Waals surface area contributed by atoms with Gasteiger partial charge in [-0.3, -0.25) is 19.7 Å². The van der Waals surface area contributed by atoms with Gasteiger partial charge in [0.05, 0.1) is 6.42 Å². The Hall–Kier alpha value is -2.74. The molecule has 0 unspecified atom stereocenters. The third kappa shape index (κ3) is 4.71. The number of guanidine groups is 1. The Bertz CT molecular complexity index is 751. The number of rotatable bonds is 4. The number of amides is 2. The number of Topliss-reactive ketones (excluding diaryl/α,β-unsaturated/α-hetero) is 1. The quantitative estimate of drug-likeness (QED) is 0.761. The molecule has 8 nitrogen and oxygen atoms in total. The van der Waals surface area contributed by atoms with E-state index in [0.29, 0.717) is 17.2 Å². The summed E-state index contributed by atoms with van der Waals surface area (Å²) in [7, 11) is 0. The van der Waals surface area contributed by atoms with E-state index in [4.69, 9.17) is 0 Å². The molecule has 8 heteroatoms. The zero-order chi connectivity index (χ0) is 19.4. The largest absolute Gasteiger partial charge is 0.340 e. The molecule has 144 valence electrons. The van der Waals surface area contributed by atoms with Crippen LogP contribution in [-0.2, 0) is 9.59 Å². The van der Waals surface area contributed by atoms with Gasteiger partial charge in [0.2, 0.25) is 17.8 Å². The van der Waals surface area contributed by atoms with E-state index in [1.54, 1.807) is 24.3 Å². The first-order chi connectivity index (χ1) is 13.0. The molecule has 2 amide bonds. The molecular weight excluding hydrogens is 346 g/mol. The number of nitrogens with one attached hydrogen (secondary N) is 2. The molecule has 2 aliphatic rings. The van der Waals surface area contributed by atoms with Crippen LogP contribution in [0.5, 0.6) is 0 Å². The Morgan fingerprint density at radius 3 is 2.44 bits per heavy atom. The zero-order valence-corrected chi connectivity index (χ0v) is 15.7. The van der Waals surface area contributed by atoms with Crippen molar-refractivity contribution in [2.24, 2.45) is 4.99 Å². The number of hydrogen-bond acceptors (Lipinski definition) is 6. The summed E-state index contributed by atoms with van der Waals surface area (Å²) in [6.45, 7) is 7.97. The van der Waals surface area contributed by atoms with Crippen LogP contribution in [0.25, 0.3) is 0 Å². The molecule has 1 aromatic carbocycles. The van der Waals surface area contributed by atoms with Crippen molar-refractivity contribution in [3.63, 3.8) is 0 Å². The van der Waals surface area contributed by atoms with E-state index in [-0.39, 0.29) is 24.0 Å². The van der Waals surface area contributed by atoms with E-state index in [0.717, 1.165) is 32.7 Å². The van der Waals surface area contributed by atoms with Crippen molar-refractivity contribution in [2.75, 3.05) is 38.0 Å². The van der Waals surface area contributed by atoms with Crippen LogP contribution < -0.4 is 10.6 Å². The maximum absolute atomic E-state index is 12.6. The molecule has 0 bridgehead atoms. The average Bonchev–Trinajstić information content (AvgIpc) is 2.68. The molecule has 1 aromatic rings. The average molecular weight is 371 g/mol. The molecule has 0 aromatic heterocycles. The first-order valence-electron chi connectivity index (χ1n) is 9.23. The molecule has 1 saturated heterocycles. The van der Waals surface area contributed by atoms with Gasteiger partial charge in [-0.15, -0.1) is 0 Å². The number of aliphatic imine (C=N–C) groups is 1. The number of carbonyl (C=O) groups is 3. The van der Waals surface area contributed by atoms with Gasteiger partial charge >= 0.3 is 0 Å². The lowest BCUT2D eigenvalue weighted by Crippen LogP contribution is -2.56. The van der Waals surface area contributed by atoms with Gasteiger partial charge in [0, 0.05) is 37.4 Å². The second-order valence-electron chi connectivity index (χ2n) is 6.76. The van der Waals surface area contributed by atoms with Crippen LogP contribution in [0.3, 0.4) is 0 Å². The molecule has 2 heterocycles. The van der Waals surface area contributed by atoms with Gasteiger partial charge in [0.25, 0.3) is 0 Å². The van der Waals surface area contributed by atoms with Crippen LogP contribution in [0.15, 0.2) is 29.3 Å². The number of likely N-dealkylation sites (N-methyl/N-ethyl adjacent to an activating group) is 1. The van der Waals surface area contributed by atoms with Crippen molar-refractivity contribution < 1.29 is 14.4 Å². The maximum atomic E-state index is 12.6. The van der Waals surface area contributed by atoms with Crippen LogP contribution >= 0.6 is 0 Å². The van der Waals surface area contributed by atoms with E-state index in [2.05, 4.69) is 27.4 Å². The summed E-state index contributed by atoms with van der Waals surface area (Å²) in [4.78, 5) is 44.8. The number of anilines is 1. The van der Waals surface area contributed by atoms with Gasteiger partial charge < -0.3 is 15.1 Å². The summed E-state index contributed by atoms with van der Waals surface area (Å²) in [5.41, 5.74) is 1.15. The van der Waals surface area contributed by atoms with Crippen molar-refractivity contribution >= 4 is 29.2 Å². The van der Waals surface area contributed by atoms with Crippen molar-refractivity contribution in [3.8, 4) is 0 Å². The van der Waals surface area contributed by atoms with Gasteiger partial charge in [-0.25, -0.2) is 4.99 Å². The van der Waals surface area contributed by atoms with E-state index >= 15 is 0 Å². The molecular formula is C19H25N5O3. The molecule has 0 aliphatic carbocycles.